The number of nitrogens with two attached hydrogens (primary N) is 1. The Hall–Kier alpha value is -2.47. The van der Waals surface area contributed by atoms with Crippen molar-refractivity contribution in [3.8, 4) is 0 Å². The Bertz CT molecular complexity index is 633. The van der Waals surface area contributed by atoms with Gasteiger partial charge in [0.25, 0.3) is 0 Å². The van der Waals surface area contributed by atoms with Crippen molar-refractivity contribution < 1.29 is 44.3 Å². The van der Waals surface area contributed by atoms with Gasteiger partial charge in [-0.25, -0.2) is 4.79 Å². The third kappa shape index (κ3) is 4.58. The van der Waals surface area contributed by atoms with Crippen LogP contribution in [0.3, 0.4) is 0 Å². The Labute approximate surface area is 147 Å². The van der Waals surface area contributed by atoms with Crippen LogP contribution >= 0.6 is 0 Å². The molecule has 1 saturated heterocycles. The van der Waals surface area contributed by atoms with Crippen molar-refractivity contribution in [2.75, 3.05) is 6.61 Å². The van der Waals surface area contributed by atoms with Gasteiger partial charge in [0.2, 0.25) is 5.91 Å². The summed E-state index contributed by atoms with van der Waals surface area (Å²) in [5.74, 6) is -3.19. The highest BCUT2D eigenvalue weighted by atomic mass is 16.6. The molecule has 0 aromatic rings. The lowest BCUT2D eigenvalue weighted by atomic mass is 10.1. The fraction of sp³-hybridized carbons (Fsp3) is 0.533. The van der Waals surface area contributed by atoms with E-state index in [0.29, 0.717) is 6.42 Å². The van der Waals surface area contributed by atoms with Gasteiger partial charge < -0.3 is 40.5 Å². The van der Waals surface area contributed by atoms with Crippen molar-refractivity contribution in [2.24, 2.45) is 5.73 Å². The van der Waals surface area contributed by atoms with Gasteiger partial charge in [-0.3, -0.25) is 9.59 Å². The number of carboxylic acids is 1. The van der Waals surface area contributed by atoms with Crippen molar-refractivity contribution in [1.82, 2.24) is 4.90 Å². The Morgan fingerprint density at radius 1 is 1.35 bits per heavy atom. The number of hydrogen-bond acceptors (Lipinski definition) is 9. The second kappa shape index (κ2) is 8.27. The monoisotopic (exact) mass is 372 g/mol. The number of aliphatic hydroxyl groups excluding tert-OH is 3. The molecule has 1 unspecified atom stereocenters. The van der Waals surface area contributed by atoms with E-state index >= 15 is 0 Å². The van der Waals surface area contributed by atoms with E-state index in [2.05, 4.69) is 0 Å². The van der Waals surface area contributed by atoms with E-state index in [1.165, 1.54) is 11.1 Å². The van der Waals surface area contributed by atoms with Gasteiger partial charge in [0.15, 0.2) is 12.3 Å². The maximum Gasteiger partial charge on any atom is 0.333 e. The second-order valence-electron chi connectivity index (χ2n) is 5.84. The number of allylic oxidation sites excluding steroid dienone is 1. The van der Waals surface area contributed by atoms with Gasteiger partial charge in [-0.1, -0.05) is 6.08 Å². The highest BCUT2D eigenvalue weighted by Crippen LogP contribution is 2.27. The lowest BCUT2D eigenvalue weighted by molar-refractivity contribution is -0.159. The first-order chi connectivity index (χ1) is 12.2. The van der Waals surface area contributed by atoms with Crippen molar-refractivity contribution in [2.45, 2.75) is 43.5 Å². The van der Waals surface area contributed by atoms with E-state index in [9.17, 15) is 24.6 Å². The standard InChI is InChI=1S/C15H20N2O9/c16-13(22)7-2-1-3-17(5-7)14-12(21)11(20)9(26-14)6-25-10(19)4-8(18)15(23)24/h1,3,5,8-9,11-12,14,18,20-21H,2,4,6H2,(H2,16,22)(H,23,24)/t8-,9?,11+,12+,14+/m0/s1. The molecule has 26 heavy (non-hydrogen) atoms. The SMILES string of the molecule is NC(=O)C1=CN([C@@H]2OC(COC(=O)C[C@H](O)C(=O)O)[C@@H](O)[C@H]2O)C=CC1. The van der Waals surface area contributed by atoms with Gasteiger partial charge >= 0.3 is 11.9 Å². The fourth-order valence-corrected chi connectivity index (χ4v) is 2.49. The third-order valence-electron chi connectivity index (χ3n) is 3.92. The van der Waals surface area contributed by atoms with Crippen LogP contribution in [0.4, 0.5) is 0 Å². The normalized spacial score (nSPS) is 29.2. The summed E-state index contributed by atoms with van der Waals surface area (Å²) in [5, 5.41) is 37.8. The lowest BCUT2D eigenvalue weighted by Crippen LogP contribution is -2.40. The van der Waals surface area contributed by atoms with Gasteiger partial charge in [0.05, 0.1) is 6.42 Å². The molecule has 0 radical (unpaired) electrons. The van der Waals surface area contributed by atoms with E-state index in [-0.39, 0.29) is 5.57 Å². The summed E-state index contributed by atoms with van der Waals surface area (Å²) in [6.45, 7) is -0.455. The highest BCUT2D eigenvalue weighted by Gasteiger charge is 2.45. The Balaban J connectivity index is 1.94. The maximum absolute atomic E-state index is 11.5. The number of amides is 1. The molecule has 2 aliphatic rings. The summed E-state index contributed by atoms with van der Waals surface area (Å²) in [6, 6.07) is 0. The number of carbonyl (C=O) groups excluding carboxylic acids is 2. The average Bonchev–Trinajstić information content (AvgIpc) is 2.88. The quantitative estimate of drug-likeness (QED) is 0.297. The summed E-state index contributed by atoms with van der Waals surface area (Å²) >= 11 is 0. The van der Waals surface area contributed by atoms with E-state index in [1.807, 2.05) is 0 Å². The summed E-state index contributed by atoms with van der Waals surface area (Å²) in [5.41, 5.74) is 5.51. The molecular formula is C15H20N2O9. The molecule has 2 heterocycles. The van der Waals surface area contributed by atoms with Crippen molar-refractivity contribution in [3.05, 3.63) is 24.0 Å². The van der Waals surface area contributed by atoms with Gasteiger partial charge in [-0.05, 0) is 6.42 Å². The van der Waals surface area contributed by atoms with E-state index in [0.717, 1.165) is 0 Å². The summed E-state index contributed by atoms with van der Waals surface area (Å²) < 4.78 is 10.3. The second-order valence-corrected chi connectivity index (χ2v) is 5.84. The van der Waals surface area contributed by atoms with Crippen LogP contribution in [0.2, 0.25) is 0 Å². The predicted octanol–water partition coefficient (Wildman–Crippen LogP) is -2.60. The molecule has 5 atom stereocenters. The number of carbonyl (C=O) groups is 3. The molecule has 2 rings (SSSR count). The molecule has 11 heteroatoms. The number of nitrogens with zero attached hydrogens (tertiary/aromatic N) is 1. The van der Waals surface area contributed by atoms with Crippen LogP contribution in [0.5, 0.6) is 0 Å². The zero-order valence-corrected chi connectivity index (χ0v) is 13.6. The Morgan fingerprint density at radius 2 is 2.04 bits per heavy atom. The number of ether oxygens (including phenoxy) is 2. The maximum atomic E-state index is 11.5. The van der Waals surface area contributed by atoms with Crippen LogP contribution < -0.4 is 5.73 Å². The Morgan fingerprint density at radius 3 is 2.65 bits per heavy atom. The molecule has 144 valence electrons. The molecule has 0 aromatic carbocycles. The first kappa shape index (κ1) is 19.8. The van der Waals surface area contributed by atoms with Crippen LogP contribution in [-0.4, -0.2) is 80.4 Å². The van der Waals surface area contributed by atoms with Crippen molar-refractivity contribution >= 4 is 17.8 Å². The van der Waals surface area contributed by atoms with Gasteiger partial charge in [0.1, 0.15) is 24.9 Å². The zero-order chi connectivity index (χ0) is 19.4. The van der Waals surface area contributed by atoms with Crippen LogP contribution in [0.15, 0.2) is 24.0 Å². The van der Waals surface area contributed by atoms with Gasteiger partial charge in [-0.2, -0.15) is 0 Å². The van der Waals surface area contributed by atoms with Crippen molar-refractivity contribution in [3.63, 3.8) is 0 Å². The third-order valence-corrected chi connectivity index (χ3v) is 3.92. The number of rotatable bonds is 7. The summed E-state index contributed by atoms with van der Waals surface area (Å²) in [4.78, 5) is 34.6. The topological polar surface area (TPSA) is 180 Å². The molecule has 1 amide bonds. The van der Waals surface area contributed by atoms with Crippen LogP contribution in [-0.2, 0) is 23.9 Å². The highest BCUT2D eigenvalue weighted by molar-refractivity contribution is 5.92. The van der Waals surface area contributed by atoms with Gasteiger partial charge in [-0.15, -0.1) is 0 Å². The van der Waals surface area contributed by atoms with Crippen LogP contribution in [0.1, 0.15) is 12.8 Å². The van der Waals surface area contributed by atoms with Gasteiger partial charge in [0, 0.05) is 18.0 Å². The summed E-state index contributed by atoms with van der Waals surface area (Å²) in [6.07, 6.45) is -2.64. The minimum absolute atomic E-state index is 0.287. The summed E-state index contributed by atoms with van der Waals surface area (Å²) in [7, 11) is 0. The lowest BCUT2D eigenvalue weighted by Gasteiger charge is -2.28. The molecule has 0 saturated carbocycles. The fourth-order valence-electron chi connectivity index (χ4n) is 2.49. The molecule has 0 aliphatic carbocycles. The Kier molecular flexibility index (Phi) is 6.32. The zero-order valence-electron chi connectivity index (χ0n) is 13.6. The molecule has 0 spiro atoms. The number of carboxylic acid groups (broad SMARTS) is 1. The largest absolute Gasteiger partial charge is 0.479 e. The first-order valence-electron chi connectivity index (χ1n) is 7.73. The number of aliphatic hydroxyl groups is 3. The van der Waals surface area contributed by atoms with Crippen LogP contribution in [0, 0.1) is 0 Å². The van der Waals surface area contributed by atoms with Crippen molar-refractivity contribution in [1.29, 1.82) is 0 Å². The molecule has 1 fully saturated rings. The minimum atomic E-state index is -1.90. The van der Waals surface area contributed by atoms with E-state index < -0.39 is 61.5 Å². The number of aliphatic carboxylic acids is 1. The molecule has 0 bridgehead atoms. The smallest absolute Gasteiger partial charge is 0.333 e. The average molecular weight is 372 g/mol. The van der Waals surface area contributed by atoms with Crippen LogP contribution in [0.25, 0.3) is 0 Å². The molecule has 11 nitrogen and oxygen atoms in total. The molecule has 6 N–H and O–H groups in total. The first-order valence-corrected chi connectivity index (χ1v) is 7.73. The van der Waals surface area contributed by atoms with E-state index in [1.54, 1.807) is 12.3 Å². The van der Waals surface area contributed by atoms with E-state index in [4.69, 9.17) is 25.4 Å². The minimum Gasteiger partial charge on any atom is -0.479 e. The molecule has 2 aliphatic heterocycles. The number of esters is 1. The molecule has 0 aromatic heterocycles. The number of primary amides is 1. The molecular weight excluding hydrogens is 352 g/mol. The predicted molar refractivity (Wildman–Crippen MR) is 82.8 cm³/mol. The number of hydrogen-bond donors (Lipinski definition) is 5.